The minimum Gasteiger partial charge on any atom is -0.480 e. The summed E-state index contributed by atoms with van der Waals surface area (Å²) < 4.78 is 4.45. The van der Waals surface area contributed by atoms with Crippen molar-refractivity contribution in [2.24, 2.45) is 10.7 Å². The van der Waals surface area contributed by atoms with Crippen molar-refractivity contribution in [2.75, 3.05) is 20.2 Å². The van der Waals surface area contributed by atoms with E-state index in [1.54, 1.807) is 0 Å². The first kappa shape index (κ1) is 21.6. The molecular weight excluding hydrogens is 322 g/mol. The number of guanidine groups is 1. The first-order chi connectivity index (χ1) is 11.3. The molecule has 0 saturated carbocycles. The van der Waals surface area contributed by atoms with Crippen LogP contribution in [0.5, 0.6) is 0 Å². The Morgan fingerprint density at radius 1 is 1.25 bits per heavy atom. The second kappa shape index (κ2) is 12.1. The fourth-order valence-electron chi connectivity index (χ4n) is 1.53. The fraction of sp³-hybridized carbons (Fsp3) is 0.692. The highest BCUT2D eigenvalue weighted by atomic mass is 16.5. The summed E-state index contributed by atoms with van der Waals surface area (Å²) in [6.07, 6.45) is 0.265. The Morgan fingerprint density at radius 2 is 1.92 bits per heavy atom. The van der Waals surface area contributed by atoms with Gasteiger partial charge in [0.1, 0.15) is 12.1 Å². The maximum Gasteiger partial charge on any atom is 0.326 e. The highest BCUT2D eigenvalue weighted by molar-refractivity contribution is 5.88. The summed E-state index contributed by atoms with van der Waals surface area (Å²) in [6.45, 7) is 2.59. The van der Waals surface area contributed by atoms with Crippen molar-refractivity contribution >= 4 is 23.9 Å². The number of esters is 1. The predicted molar refractivity (Wildman–Crippen MR) is 85.2 cm³/mol. The van der Waals surface area contributed by atoms with Gasteiger partial charge in [-0.05, 0) is 12.8 Å². The first-order valence-corrected chi connectivity index (χ1v) is 7.39. The zero-order chi connectivity index (χ0) is 18.5. The molecule has 11 nitrogen and oxygen atoms in total. The Bertz CT molecular complexity index is 456. The molecule has 0 spiro atoms. The van der Waals surface area contributed by atoms with Crippen LogP contribution in [0.2, 0.25) is 0 Å². The summed E-state index contributed by atoms with van der Waals surface area (Å²) in [4.78, 5) is 37.2. The van der Waals surface area contributed by atoms with Crippen LogP contribution in [0.25, 0.3) is 0 Å². The van der Waals surface area contributed by atoms with E-state index in [0.717, 1.165) is 0 Å². The molecule has 11 heteroatoms. The molecule has 0 heterocycles. The quantitative estimate of drug-likeness (QED) is 0.0826. The number of carbonyl (C=O) groups excluding carboxylic acids is 1. The van der Waals surface area contributed by atoms with E-state index in [2.05, 4.69) is 25.9 Å². The molecular formula is C13H25N5O6. The lowest BCUT2D eigenvalue weighted by Crippen LogP contribution is -2.52. The molecule has 0 amide bonds. The van der Waals surface area contributed by atoms with E-state index in [0.29, 0.717) is 13.0 Å². The zero-order valence-corrected chi connectivity index (χ0v) is 13.7. The van der Waals surface area contributed by atoms with Gasteiger partial charge in [0.05, 0.1) is 13.5 Å². The van der Waals surface area contributed by atoms with E-state index < -0.39 is 30.0 Å². The SMILES string of the molecule is CCNNC(=NCCCC(N)C(=O)O)NC(CC(=O)OC)C(=O)O. The molecule has 0 aliphatic carbocycles. The van der Waals surface area contributed by atoms with Gasteiger partial charge in [-0.15, -0.1) is 0 Å². The zero-order valence-electron chi connectivity index (χ0n) is 13.7. The predicted octanol–water partition coefficient (Wildman–Crippen LogP) is -1.75. The Morgan fingerprint density at radius 3 is 2.42 bits per heavy atom. The number of rotatable bonds is 11. The standard InChI is InChI=1S/C13H25N5O6/c1-3-16-18-13(15-6-4-5-8(14)11(20)21)17-9(12(22)23)7-10(19)24-2/h8-9,16H,3-7,14H2,1-2H3,(H,20,21)(H,22,23)(H2,15,17,18). The molecule has 0 saturated heterocycles. The number of nitrogens with one attached hydrogen (secondary N) is 3. The minimum absolute atomic E-state index is 0.122. The molecule has 0 aliphatic heterocycles. The summed E-state index contributed by atoms with van der Waals surface area (Å²) in [5, 5.41) is 20.4. The third-order valence-corrected chi connectivity index (χ3v) is 2.85. The molecule has 0 aliphatic rings. The van der Waals surface area contributed by atoms with Gasteiger partial charge in [0.15, 0.2) is 0 Å². The number of carbonyl (C=O) groups is 3. The van der Waals surface area contributed by atoms with E-state index in [-0.39, 0.29) is 25.3 Å². The molecule has 0 aromatic rings. The topological polar surface area (TPSA) is 175 Å². The van der Waals surface area contributed by atoms with E-state index in [1.165, 1.54) is 7.11 Å². The maximum absolute atomic E-state index is 11.3. The molecule has 2 atom stereocenters. The summed E-state index contributed by atoms with van der Waals surface area (Å²) in [6, 6.07) is -2.19. The monoisotopic (exact) mass is 347 g/mol. The summed E-state index contributed by atoms with van der Waals surface area (Å²) in [5.74, 6) is -2.88. The smallest absolute Gasteiger partial charge is 0.326 e. The minimum atomic E-state index is -1.24. The number of carboxylic acids is 2. The van der Waals surface area contributed by atoms with Gasteiger partial charge in [0.25, 0.3) is 0 Å². The van der Waals surface area contributed by atoms with Crippen LogP contribution < -0.4 is 21.9 Å². The van der Waals surface area contributed by atoms with Crippen molar-refractivity contribution in [3.05, 3.63) is 0 Å². The van der Waals surface area contributed by atoms with Gasteiger partial charge in [0, 0.05) is 13.1 Å². The molecule has 0 aromatic carbocycles. The van der Waals surface area contributed by atoms with Gasteiger partial charge in [-0.1, -0.05) is 6.92 Å². The van der Waals surface area contributed by atoms with Gasteiger partial charge in [0.2, 0.25) is 5.96 Å². The summed E-state index contributed by atoms with van der Waals surface area (Å²) in [7, 11) is 1.17. The van der Waals surface area contributed by atoms with Gasteiger partial charge < -0.3 is 26.0 Å². The Kier molecular flexibility index (Phi) is 10.9. The lowest BCUT2D eigenvalue weighted by atomic mass is 10.2. The van der Waals surface area contributed by atoms with Crippen molar-refractivity contribution in [2.45, 2.75) is 38.3 Å². The highest BCUT2D eigenvalue weighted by Gasteiger charge is 2.23. The Labute approximate surface area is 139 Å². The van der Waals surface area contributed by atoms with E-state index in [4.69, 9.17) is 15.9 Å². The molecule has 0 fully saturated rings. The van der Waals surface area contributed by atoms with E-state index in [1.807, 2.05) is 6.92 Å². The third kappa shape index (κ3) is 9.58. The average molecular weight is 347 g/mol. The average Bonchev–Trinajstić information content (AvgIpc) is 2.54. The number of nitrogens with zero attached hydrogens (tertiary/aromatic N) is 1. The first-order valence-electron chi connectivity index (χ1n) is 7.39. The number of ether oxygens (including phenoxy) is 1. The fourth-order valence-corrected chi connectivity index (χ4v) is 1.53. The van der Waals surface area contributed by atoms with Crippen molar-refractivity contribution in [3.8, 4) is 0 Å². The number of carboxylic acid groups (broad SMARTS) is 2. The molecule has 2 unspecified atom stereocenters. The largest absolute Gasteiger partial charge is 0.480 e. The van der Waals surface area contributed by atoms with Crippen molar-refractivity contribution < 1.29 is 29.3 Å². The number of hydrogen-bond donors (Lipinski definition) is 6. The van der Waals surface area contributed by atoms with Crippen LogP contribution in [0, 0.1) is 0 Å². The molecule has 7 N–H and O–H groups in total. The molecule has 0 bridgehead atoms. The Hall–Kier alpha value is -2.40. The number of aliphatic imine (C=N–C) groups is 1. The highest BCUT2D eigenvalue weighted by Crippen LogP contribution is 1.97. The second-order valence-electron chi connectivity index (χ2n) is 4.79. The molecule has 0 radical (unpaired) electrons. The lowest BCUT2D eigenvalue weighted by Gasteiger charge is -2.18. The van der Waals surface area contributed by atoms with Crippen LogP contribution in [0.1, 0.15) is 26.2 Å². The molecule has 24 heavy (non-hydrogen) atoms. The van der Waals surface area contributed by atoms with Crippen molar-refractivity contribution in [3.63, 3.8) is 0 Å². The van der Waals surface area contributed by atoms with Crippen LogP contribution in [0.4, 0.5) is 0 Å². The van der Waals surface area contributed by atoms with Crippen LogP contribution in [0.3, 0.4) is 0 Å². The number of aliphatic carboxylic acids is 2. The molecule has 0 rings (SSSR count). The maximum atomic E-state index is 11.3. The van der Waals surface area contributed by atoms with Crippen LogP contribution >= 0.6 is 0 Å². The third-order valence-electron chi connectivity index (χ3n) is 2.85. The second-order valence-corrected chi connectivity index (χ2v) is 4.79. The van der Waals surface area contributed by atoms with E-state index in [9.17, 15) is 14.4 Å². The van der Waals surface area contributed by atoms with Crippen LogP contribution in [0.15, 0.2) is 4.99 Å². The lowest BCUT2D eigenvalue weighted by molar-refractivity contribution is -0.147. The van der Waals surface area contributed by atoms with Crippen LogP contribution in [-0.2, 0) is 19.1 Å². The van der Waals surface area contributed by atoms with Crippen molar-refractivity contribution in [1.29, 1.82) is 0 Å². The summed E-state index contributed by atoms with van der Waals surface area (Å²) >= 11 is 0. The van der Waals surface area contributed by atoms with Gasteiger partial charge in [-0.3, -0.25) is 20.0 Å². The number of hydrogen-bond acceptors (Lipinski definition) is 7. The van der Waals surface area contributed by atoms with Gasteiger partial charge in [-0.25, -0.2) is 10.2 Å². The van der Waals surface area contributed by atoms with Gasteiger partial charge >= 0.3 is 17.9 Å². The molecule has 0 aromatic heterocycles. The van der Waals surface area contributed by atoms with E-state index >= 15 is 0 Å². The molecule has 138 valence electrons. The van der Waals surface area contributed by atoms with Crippen molar-refractivity contribution in [1.82, 2.24) is 16.2 Å². The number of nitrogens with two attached hydrogens (primary N) is 1. The Balaban J connectivity index is 4.70. The number of methoxy groups -OCH3 is 1. The normalized spacial score (nSPS) is 13.7. The number of hydrazine groups is 1. The van der Waals surface area contributed by atoms with Crippen LogP contribution in [-0.4, -0.2) is 66.4 Å². The summed E-state index contributed by atoms with van der Waals surface area (Å²) in [5.41, 5.74) is 10.8. The van der Waals surface area contributed by atoms with Gasteiger partial charge in [-0.2, -0.15) is 0 Å².